The molecule has 1 aromatic rings. The fourth-order valence-corrected chi connectivity index (χ4v) is 2.18. The fourth-order valence-electron chi connectivity index (χ4n) is 2.18. The van der Waals surface area contributed by atoms with Crippen molar-refractivity contribution < 1.29 is 29.3 Å². The third-order valence-electron chi connectivity index (χ3n) is 3.43. The van der Waals surface area contributed by atoms with E-state index in [1.165, 1.54) is 0 Å². The molecule has 0 fully saturated rings. The van der Waals surface area contributed by atoms with Gasteiger partial charge in [-0.15, -0.1) is 0 Å². The predicted octanol–water partition coefficient (Wildman–Crippen LogP) is 3.73. The number of carboxylic acids is 2. The lowest BCUT2D eigenvalue weighted by Crippen LogP contribution is -2.04. The van der Waals surface area contributed by atoms with Gasteiger partial charge in [-0.3, -0.25) is 9.59 Å². The molecule has 0 amide bonds. The van der Waals surface area contributed by atoms with Gasteiger partial charge in [0.1, 0.15) is 0 Å². The van der Waals surface area contributed by atoms with Crippen LogP contribution in [-0.2, 0) is 9.59 Å². The van der Waals surface area contributed by atoms with Crippen LogP contribution < -0.4 is 9.47 Å². The van der Waals surface area contributed by atoms with Crippen molar-refractivity contribution in [1.29, 1.82) is 0 Å². The van der Waals surface area contributed by atoms with Crippen molar-refractivity contribution in [2.45, 2.75) is 51.4 Å². The Balaban J connectivity index is 2.18. The van der Waals surface area contributed by atoms with E-state index in [9.17, 15) is 9.59 Å². The van der Waals surface area contributed by atoms with E-state index in [4.69, 9.17) is 19.7 Å². The maximum atomic E-state index is 10.5. The zero-order valence-electron chi connectivity index (χ0n) is 13.9. The summed E-state index contributed by atoms with van der Waals surface area (Å²) in [6.45, 7) is 0.921. The molecule has 0 saturated heterocycles. The molecule has 6 heteroatoms. The number of para-hydroxylation sites is 2. The summed E-state index contributed by atoms with van der Waals surface area (Å²) < 4.78 is 11.3. The van der Waals surface area contributed by atoms with Crippen LogP contribution in [0, 0.1) is 0 Å². The van der Waals surface area contributed by atoms with Crippen molar-refractivity contribution in [2.75, 3.05) is 13.2 Å². The summed E-state index contributed by atoms with van der Waals surface area (Å²) in [6.07, 6.45) is 5.35. The maximum Gasteiger partial charge on any atom is 0.303 e. The highest BCUT2D eigenvalue weighted by Crippen LogP contribution is 2.26. The topological polar surface area (TPSA) is 93.1 Å². The highest BCUT2D eigenvalue weighted by molar-refractivity contribution is 5.66. The Bertz CT molecular complexity index is 500. The highest BCUT2D eigenvalue weighted by atomic mass is 16.5. The van der Waals surface area contributed by atoms with Crippen LogP contribution in [0.4, 0.5) is 0 Å². The lowest BCUT2D eigenvalue weighted by atomic mass is 10.1. The van der Waals surface area contributed by atoms with Crippen LogP contribution in [-0.4, -0.2) is 35.4 Å². The van der Waals surface area contributed by atoms with Crippen molar-refractivity contribution in [1.82, 2.24) is 0 Å². The number of benzene rings is 1. The predicted molar refractivity (Wildman–Crippen MR) is 89.6 cm³/mol. The molecule has 0 spiro atoms. The van der Waals surface area contributed by atoms with Gasteiger partial charge in [0.2, 0.25) is 0 Å². The minimum Gasteiger partial charge on any atom is -0.490 e. The van der Waals surface area contributed by atoms with Crippen LogP contribution in [0.2, 0.25) is 0 Å². The summed E-state index contributed by atoms with van der Waals surface area (Å²) in [4.78, 5) is 20.9. The zero-order chi connectivity index (χ0) is 17.6. The summed E-state index contributed by atoms with van der Waals surface area (Å²) >= 11 is 0. The monoisotopic (exact) mass is 338 g/mol. The molecule has 2 N–H and O–H groups in total. The minimum absolute atomic E-state index is 0.0882. The summed E-state index contributed by atoms with van der Waals surface area (Å²) in [5, 5.41) is 17.2. The number of hydrogen-bond acceptors (Lipinski definition) is 4. The van der Waals surface area contributed by atoms with Gasteiger partial charge in [-0.25, -0.2) is 0 Å². The summed E-state index contributed by atoms with van der Waals surface area (Å²) in [5.41, 5.74) is 0. The zero-order valence-corrected chi connectivity index (χ0v) is 13.9. The standard InChI is InChI=1S/C18H26O6/c19-17(20)11-4-2-1-3-7-13-23-15-9-5-6-10-16(15)24-14-8-12-18(21)22/h5-6,9-10H,1-4,7-8,11-14H2,(H,19,20)(H,21,22). The number of hydrogen-bond donors (Lipinski definition) is 2. The van der Waals surface area contributed by atoms with E-state index in [0.29, 0.717) is 31.1 Å². The van der Waals surface area contributed by atoms with E-state index < -0.39 is 11.9 Å². The first kappa shape index (κ1) is 19.8. The van der Waals surface area contributed by atoms with Crippen LogP contribution in [0.25, 0.3) is 0 Å². The van der Waals surface area contributed by atoms with Gasteiger partial charge in [0.15, 0.2) is 11.5 Å². The molecule has 0 saturated carbocycles. The maximum absolute atomic E-state index is 10.5. The molecule has 0 radical (unpaired) electrons. The second-order valence-corrected chi connectivity index (χ2v) is 5.55. The average molecular weight is 338 g/mol. The molecule has 6 nitrogen and oxygen atoms in total. The summed E-state index contributed by atoms with van der Waals surface area (Å²) in [5.74, 6) is -0.271. The van der Waals surface area contributed by atoms with Gasteiger partial charge in [-0.1, -0.05) is 31.4 Å². The van der Waals surface area contributed by atoms with Crippen molar-refractivity contribution in [2.24, 2.45) is 0 Å². The van der Waals surface area contributed by atoms with Gasteiger partial charge in [0, 0.05) is 12.8 Å². The molecule has 0 aliphatic carbocycles. The van der Waals surface area contributed by atoms with Gasteiger partial charge in [-0.05, 0) is 31.4 Å². The average Bonchev–Trinajstić information content (AvgIpc) is 2.54. The van der Waals surface area contributed by atoms with Crippen molar-refractivity contribution in [3.63, 3.8) is 0 Å². The Labute approximate surface area is 142 Å². The Morgan fingerprint density at radius 1 is 0.708 bits per heavy atom. The highest BCUT2D eigenvalue weighted by Gasteiger charge is 2.05. The van der Waals surface area contributed by atoms with E-state index in [1.54, 1.807) is 0 Å². The normalized spacial score (nSPS) is 10.3. The number of ether oxygens (including phenoxy) is 2. The van der Waals surface area contributed by atoms with Crippen molar-refractivity contribution in [3.8, 4) is 11.5 Å². The van der Waals surface area contributed by atoms with E-state index in [1.807, 2.05) is 24.3 Å². The molecule has 1 rings (SSSR count). The van der Waals surface area contributed by atoms with E-state index in [2.05, 4.69) is 0 Å². The van der Waals surface area contributed by atoms with E-state index in [0.717, 1.165) is 32.1 Å². The van der Waals surface area contributed by atoms with E-state index >= 15 is 0 Å². The molecule has 134 valence electrons. The Morgan fingerprint density at radius 3 is 1.75 bits per heavy atom. The third-order valence-corrected chi connectivity index (χ3v) is 3.43. The quantitative estimate of drug-likeness (QED) is 0.502. The molecule has 0 bridgehead atoms. The van der Waals surface area contributed by atoms with Crippen LogP contribution in [0.1, 0.15) is 51.4 Å². The lowest BCUT2D eigenvalue weighted by Gasteiger charge is -2.12. The first-order valence-corrected chi connectivity index (χ1v) is 8.38. The number of carbonyl (C=O) groups is 2. The molecule has 0 aliphatic rings. The molecular weight excluding hydrogens is 312 g/mol. The first-order chi connectivity index (χ1) is 11.6. The number of rotatable bonds is 14. The van der Waals surface area contributed by atoms with Gasteiger partial charge < -0.3 is 19.7 Å². The van der Waals surface area contributed by atoms with Gasteiger partial charge in [-0.2, -0.15) is 0 Å². The first-order valence-electron chi connectivity index (χ1n) is 8.38. The van der Waals surface area contributed by atoms with Gasteiger partial charge >= 0.3 is 11.9 Å². The molecule has 24 heavy (non-hydrogen) atoms. The molecule has 1 aromatic carbocycles. The Morgan fingerprint density at radius 2 is 1.17 bits per heavy atom. The van der Waals surface area contributed by atoms with Crippen LogP contribution in [0.5, 0.6) is 11.5 Å². The molecule has 0 heterocycles. The lowest BCUT2D eigenvalue weighted by molar-refractivity contribution is -0.138. The molecule has 0 unspecified atom stereocenters. The largest absolute Gasteiger partial charge is 0.490 e. The summed E-state index contributed by atoms with van der Waals surface area (Å²) in [7, 11) is 0. The third kappa shape index (κ3) is 9.71. The van der Waals surface area contributed by atoms with Crippen molar-refractivity contribution >= 4 is 11.9 Å². The van der Waals surface area contributed by atoms with Crippen LogP contribution in [0.15, 0.2) is 24.3 Å². The minimum atomic E-state index is -0.827. The van der Waals surface area contributed by atoms with E-state index in [-0.39, 0.29) is 12.8 Å². The van der Waals surface area contributed by atoms with Gasteiger partial charge in [0.05, 0.1) is 13.2 Å². The van der Waals surface area contributed by atoms with Crippen LogP contribution in [0.3, 0.4) is 0 Å². The fraction of sp³-hybridized carbons (Fsp3) is 0.556. The molecular formula is C18H26O6. The number of carboxylic acid groups (broad SMARTS) is 2. The molecule has 0 atom stereocenters. The second kappa shape index (κ2) is 12.2. The smallest absolute Gasteiger partial charge is 0.303 e. The Hall–Kier alpha value is -2.24. The SMILES string of the molecule is O=C(O)CCCCCCCOc1ccccc1OCCCC(=O)O. The van der Waals surface area contributed by atoms with Gasteiger partial charge in [0.25, 0.3) is 0 Å². The summed E-state index contributed by atoms with van der Waals surface area (Å²) in [6, 6.07) is 7.36. The molecule has 0 aromatic heterocycles. The second-order valence-electron chi connectivity index (χ2n) is 5.55. The molecule has 0 aliphatic heterocycles. The number of unbranched alkanes of at least 4 members (excludes halogenated alkanes) is 4. The number of aliphatic carboxylic acids is 2. The van der Waals surface area contributed by atoms with Crippen molar-refractivity contribution in [3.05, 3.63) is 24.3 Å². The Kier molecular flexibility index (Phi) is 10.1. The van der Waals surface area contributed by atoms with Crippen LogP contribution >= 0.6 is 0 Å².